The van der Waals surface area contributed by atoms with Gasteiger partial charge in [-0.15, -0.1) is 12.4 Å². The molecule has 3 N–H and O–H groups in total. The summed E-state index contributed by atoms with van der Waals surface area (Å²) in [7, 11) is -2.14. The van der Waals surface area contributed by atoms with Crippen molar-refractivity contribution in [3.05, 3.63) is 11.2 Å². The van der Waals surface area contributed by atoms with Crippen molar-refractivity contribution in [2.75, 3.05) is 6.54 Å². The molecule has 0 saturated carbocycles. The van der Waals surface area contributed by atoms with Gasteiger partial charge >= 0.3 is 0 Å². The van der Waals surface area contributed by atoms with Gasteiger partial charge in [0.1, 0.15) is 0 Å². The second-order valence-corrected chi connectivity index (χ2v) is 5.22. The fourth-order valence-corrected chi connectivity index (χ4v) is 2.98. The Hall–Kier alpha value is -0.340. The monoisotopic (exact) mass is 288 g/mol. The third-order valence-corrected chi connectivity index (χ3v) is 3.90. The molecule has 0 saturated heterocycles. The van der Waals surface area contributed by atoms with Crippen molar-refractivity contribution in [1.29, 1.82) is 0 Å². The van der Waals surface area contributed by atoms with Crippen LogP contribution in [0.1, 0.15) is 6.92 Å². The van der Waals surface area contributed by atoms with E-state index in [1.807, 2.05) is 0 Å². The quantitative estimate of drug-likeness (QED) is 0.824. The van der Waals surface area contributed by atoms with Gasteiger partial charge in [0.2, 0.25) is 0 Å². The molecule has 0 aliphatic rings. The summed E-state index contributed by atoms with van der Waals surface area (Å²) in [5.41, 5.74) is 5.33. The lowest BCUT2D eigenvalue weighted by Crippen LogP contribution is -2.38. The first-order valence-corrected chi connectivity index (χ1v) is 6.14. The lowest BCUT2D eigenvalue weighted by atomic mass is 10.4. The second-order valence-electron chi connectivity index (χ2n) is 3.18. The molecule has 0 aliphatic heterocycles. The number of nitrogens with zero attached hydrogens (tertiary/aromatic N) is 2. The first-order chi connectivity index (χ1) is 6.88. The van der Waals surface area contributed by atoms with Crippen LogP contribution in [0.2, 0.25) is 5.02 Å². The van der Waals surface area contributed by atoms with Crippen molar-refractivity contribution in [2.45, 2.75) is 18.0 Å². The van der Waals surface area contributed by atoms with E-state index in [9.17, 15) is 8.42 Å². The first kappa shape index (κ1) is 15.7. The highest BCUT2D eigenvalue weighted by Crippen LogP contribution is 2.19. The lowest BCUT2D eigenvalue weighted by molar-refractivity contribution is 0.547. The van der Waals surface area contributed by atoms with Gasteiger partial charge in [-0.05, 0) is 6.92 Å². The van der Waals surface area contributed by atoms with Crippen molar-refractivity contribution in [3.8, 4) is 0 Å². The molecule has 1 aromatic heterocycles. The van der Waals surface area contributed by atoms with Gasteiger partial charge in [0.25, 0.3) is 10.0 Å². The van der Waals surface area contributed by atoms with Crippen molar-refractivity contribution in [1.82, 2.24) is 14.5 Å². The van der Waals surface area contributed by atoms with Gasteiger partial charge in [-0.1, -0.05) is 11.6 Å². The fourth-order valence-electron chi connectivity index (χ4n) is 1.07. The molecule has 1 aromatic rings. The Kier molecular flexibility index (Phi) is 5.71. The molecule has 9 heteroatoms. The topological polar surface area (TPSA) is 90.0 Å². The zero-order chi connectivity index (χ0) is 11.6. The Morgan fingerprint density at radius 2 is 2.25 bits per heavy atom. The number of rotatable bonds is 4. The maximum Gasteiger partial charge on any atom is 0.259 e. The predicted molar refractivity (Wildman–Crippen MR) is 64.3 cm³/mol. The Labute approximate surface area is 106 Å². The summed E-state index contributed by atoms with van der Waals surface area (Å²) in [6.45, 7) is 1.89. The molecule has 16 heavy (non-hydrogen) atoms. The Balaban J connectivity index is 0.00000225. The zero-order valence-electron chi connectivity index (χ0n) is 8.84. The summed E-state index contributed by atoms with van der Waals surface area (Å²) in [5, 5.41) is 3.79. The molecule has 0 spiro atoms. The fraction of sp³-hybridized carbons (Fsp3) is 0.571. The summed E-state index contributed by atoms with van der Waals surface area (Å²) in [4.78, 5) is 0. The van der Waals surface area contributed by atoms with Gasteiger partial charge in [0, 0.05) is 19.6 Å². The number of nitrogens with two attached hydrogens (primary N) is 1. The molecule has 0 amide bonds. The minimum Gasteiger partial charge on any atom is -0.329 e. The molecule has 1 atom stereocenters. The van der Waals surface area contributed by atoms with E-state index in [1.54, 1.807) is 6.92 Å². The first-order valence-electron chi connectivity index (χ1n) is 4.28. The maximum absolute atomic E-state index is 11.8. The van der Waals surface area contributed by atoms with Crippen LogP contribution in [-0.4, -0.2) is 30.8 Å². The molecule has 0 bridgehead atoms. The minimum absolute atomic E-state index is 0. The molecular weight excluding hydrogens is 275 g/mol. The van der Waals surface area contributed by atoms with Crippen molar-refractivity contribution >= 4 is 34.0 Å². The third-order valence-electron chi connectivity index (χ3n) is 1.81. The van der Waals surface area contributed by atoms with Crippen LogP contribution in [0.4, 0.5) is 0 Å². The Morgan fingerprint density at radius 3 is 2.62 bits per heavy atom. The van der Waals surface area contributed by atoms with Crippen LogP contribution in [0, 0.1) is 0 Å². The van der Waals surface area contributed by atoms with Gasteiger partial charge in [-0.2, -0.15) is 5.10 Å². The van der Waals surface area contributed by atoms with E-state index in [2.05, 4.69) is 9.82 Å². The van der Waals surface area contributed by atoms with E-state index in [0.717, 1.165) is 0 Å². The van der Waals surface area contributed by atoms with E-state index >= 15 is 0 Å². The van der Waals surface area contributed by atoms with Gasteiger partial charge in [-0.25, -0.2) is 13.1 Å². The molecule has 1 rings (SSSR count). The van der Waals surface area contributed by atoms with Crippen molar-refractivity contribution in [3.63, 3.8) is 0 Å². The maximum atomic E-state index is 11.8. The smallest absolute Gasteiger partial charge is 0.259 e. The molecular formula is C7H14Cl2N4O2S. The van der Waals surface area contributed by atoms with Crippen LogP contribution in [0.5, 0.6) is 0 Å². The van der Waals surface area contributed by atoms with Crippen molar-refractivity contribution in [2.24, 2.45) is 12.8 Å². The van der Waals surface area contributed by atoms with E-state index in [-0.39, 0.29) is 35.0 Å². The average molecular weight is 289 g/mol. The standard InChI is InChI=1S/C7H13ClN4O2S.ClH/c1-5(3-9)11-15(13,14)7-6(8)4-10-12(7)2;/h4-5,11H,3,9H2,1-2H3;1H/t5-;/m1./s1. The van der Waals surface area contributed by atoms with Crippen LogP contribution in [-0.2, 0) is 17.1 Å². The normalized spacial score (nSPS) is 13.2. The third kappa shape index (κ3) is 3.33. The van der Waals surface area contributed by atoms with Gasteiger partial charge in [0.15, 0.2) is 5.03 Å². The summed E-state index contributed by atoms with van der Waals surface area (Å²) in [6.07, 6.45) is 1.28. The molecule has 0 radical (unpaired) electrons. The molecule has 1 heterocycles. The highest BCUT2D eigenvalue weighted by Gasteiger charge is 2.23. The van der Waals surface area contributed by atoms with Gasteiger partial charge in [0.05, 0.1) is 11.2 Å². The van der Waals surface area contributed by atoms with Crippen LogP contribution in [0.3, 0.4) is 0 Å². The Morgan fingerprint density at radius 1 is 1.69 bits per heavy atom. The average Bonchev–Trinajstić information content (AvgIpc) is 2.45. The van der Waals surface area contributed by atoms with Crippen LogP contribution in [0.25, 0.3) is 0 Å². The zero-order valence-corrected chi connectivity index (χ0v) is 11.2. The number of sulfonamides is 1. The summed E-state index contributed by atoms with van der Waals surface area (Å²) in [6, 6.07) is -0.346. The summed E-state index contributed by atoms with van der Waals surface area (Å²) in [5.74, 6) is 0. The van der Waals surface area contributed by atoms with Crippen LogP contribution in [0.15, 0.2) is 11.2 Å². The number of aryl methyl sites for hydroxylation is 1. The van der Waals surface area contributed by atoms with E-state index in [1.165, 1.54) is 17.9 Å². The molecule has 94 valence electrons. The predicted octanol–water partition coefficient (Wildman–Crippen LogP) is 0.121. The Bertz CT molecular complexity index is 426. The molecule has 0 fully saturated rings. The number of hydrogen-bond acceptors (Lipinski definition) is 4. The van der Waals surface area contributed by atoms with Gasteiger partial charge < -0.3 is 5.73 Å². The van der Waals surface area contributed by atoms with E-state index in [0.29, 0.717) is 0 Å². The lowest BCUT2D eigenvalue weighted by Gasteiger charge is -2.12. The van der Waals surface area contributed by atoms with Crippen LogP contribution < -0.4 is 10.5 Å². The summed E-state index contributed by atoms with van der Waals surface area (Å²) >= 11 is 5.72. The van der Waals surface area contributed by atoms with E-state index in [4.69, 9.17) is 17.3 Å². The number of aromatic nitrogens is 2. The van der Waals surface area contributed by atoms with Crippen molar-refractivity contribution < 1.29 is 8.42 Å². The number of hydrogen-bond donors (Lipinski definition) is 2. The van der Waals surface area contributed by atoms with Crippen LogP contribution >= 0.6 is 24.0 Å². The van der Waals surface area contributed by atoms with Gasteiger partial charge in [-0.3, -0.25) is 4.68 Å². The number of halogens is 2. The number of nitrogens with one attached hydrogen (secondary N) is 1. The summed E-state index contributed by atoms with van der Waals surface area (Å²) < 4.78 is 27.2. The SMILES string of the molecule is C[C@H](CN)NS(=O)(=O)c1c(Cl)cnn1C.Cl. The second kappa shape index (κ2) is 5.83. The molecule has 6 nitrogen and oxygen atoms in total. The largest absolute Gasteiger partial charge is 0.329 e. The minimum atomic E-state index is -3.65. The molecule has 0 aliphatic carbocycles. The molecule has 0 unspecified atom stereocenters. The highest BCUT2D eigenvalue weighted by atomic mass is 35.5. The highest BCUT2D eigenvalue weighted by molar-refractivity contribution is 7.89. The molecule has 0 aromatic carbocycles. The van der Waals surface area contributed by atoms with E-state index < -0.39 is 10.0 Å².